The first-order chi connectivity index (χ1) is 16.2. The molecule has 2 aromatic heterocycles. The van der Waals surface area contributed by atoms with Crippen molar-refractivity contribution in [2.75, 3.05) is 44.1 Å². The summed E-state index contributed by atoms with van der Waals surface area (Å²) in [4.78, 5) is 16.6. The summed E-state index contributed by atoms with van der Waals surface area (Å²) >= 11 is 1.81. The van der Waals surface area contributed by atoms with Gasteiger partial charge < -0.3 is 29.5 Å². The van der Waals surface area contributed by atoms with Gasteiger partial charge in [0.15, 0.2) is 11.6 Å². The maximum Gasteiger partial charge on any atom is 0.215 e. The smallest absolute Gasteiger partial charge is 0.215 e. The molecule has 0 aliphatic carbocycles. The second-order valence-corrected chi connectivity index (χ2v) is 9.46. The van der Waals surface area contributed by atoms with E-state index in [0.717, 1.165) is 53.0 Å². The van der Waals surface area contributed by atoms with E-state index in [4.69, 9.17) is 14.2 Å². The fourth-order valence-electron chi connectivity index (χ4n) is 4.27. The minimum atomic E-state index is -0.613. The Balaban J connectivity index is 1.11. The Morgan fingerprint density at radius 3 is 3.15 bits per heavy atom. The zero-order valence-electron chi connectivity index (χ0n) is 18.6. The van der Waals surface area contributed by atoms with E-state index in [1.807, 2.05) is 35.1 Å². The topological polar surface area (TPSA) is 101 Å². The van der Waals surface area contributed by atoms with Crippen molar-refractivity contribution in [3.05, 3.63) is 30.1 Å². The van der Waals surface area contributed by atoms with Gasteiger partial charge in [-0.25, -0.2) is 0 Å². The standard InChI is InChI=1S/C23H29N5O4S/c1-30-22-5-3-17-23(27-22)28(7-6-24-17)13-18(29)19-4-2-15(14-32-19)25-11-16-10-21-20(12-26-16)31-8-9-33-21/h3,5-6,10,12,15,18-19,25,29H,2,4,7-9,11,13-14H2,1H3/t15-,18+,19+/m1/s1. The molecule has 9 nitrogen and oxygen atoms in total. The van der Waals surface area contributed by atoms with Gasteiger partial charge in [-0.1, -0.05) is 0 Å². The van der Waals surface area contributed by atoms with Gasteiger partial charge in [0, 0.05) is 37.2 Å². The summed E-state index contributed by atoms with van der Waals surface area (Å²) in [5, 5.41) is 14.4. The molecule has 176 valence electrons. The Hall–Kier alpha value is -2.40. The summed E-state index contributed by atoms with van der Waals surface area (Å²) in [6.45, 7) is 3.02. The Labute approximate surface area is 197 Å². The van der Waals surface area contributed by atoms with Crippen molar-refractivity contribution in [3.63, 3.8) is 0 Å². The predicted octanol–water partition coefficient (Wildman–Crippen LogP) is 2.19. The summed E-state index contributed by atoms with van der Waals surface area (Å²) in [7, 11) is 1.59. The van der Waals surface area contributed by atoms with Gasteiger partial charge in [0.05, 0.1) is 55.9 Å². The molecule has 3 atom stereocenters. The molecule has 0 spiro atoms. The number of hydrogen-bond acceptors (Lipinski definition) is 10. The Bertz CT molecular complexity index is 999. The van der Waals surface area contributed by atoms with Gasteiger partial charge >= 0.3 is 0 Å². The van der Waals surface area contributed by atoms with Crippen LogP contribution in [0.3, 0.4) is 0 Å². The first-order valence-electron chi connectivity index (χ1n) is 11.3. The molecule has 10 heteroatoms. The molecule has 3 aliphatic heterocycles. The van der Waals surface area contributed by atoms with Crippen LogP contribution in [0.4, 0.5) is 11.5 Å². The molecule has 1 fully saturated rings. The fourth-order valence-corrected chi connectivity index (χ4v) is 5.13. The average molecular weight is 472 g/mol. The Morgan fingerprint density at radius 2 is 2.30 bits per heavy atom. The van der Waals surface area contributed by atoms with E-state index in [2.05, 4.69) is 26.3 Å². The lowest BCUT2D eigenvalue weighted by atomic mass is 10.0. The van der Waals surface area contributed by atoms with Crippen molar-refractivity contribution in [1.29, 1.82) is 0 Å². The molecule has 3 aliphatic rings. The lowest BCUT2D eigenvalue weighted by molar-refractivity contribution is -0.0691. The highest BCUT2D eigenvalue weighted by molar-refractivity contribution is 7.99. The number of ether oxygens (including phenoxy) is 3. The molecule has 0 amide bonds. The van der Waals surface area contributed by atoms with Crippen LogP contribution in [0.2, 0.25) is 0 Å². The molecule has 0 aromatic carbocycles. The molecule has 2 N–H and O–H groups in total. The third-order valence-corrected chi connectivity index (χ3v) is 7.08. The van der Waals surface area contributed by atoms with Gasteiger partial charge in [-0.2, -0.15) is 4.98 Å². The number of methoxy groups -OCH3 is 1. The molecular weight excluding hydrogens is 442 g/mol. The minimum Gasteiger partial charge on any atom is -0.490 e. The maximum atomic E-state index is 10.9. The largest absolute Gasteiger partial charge is 0.490 e. The number of pyridine rings is 2. The van der Waals surface area contributed by atoms with Gasteiger partial charge in [0.25, 0.3) is 0 Å². The van der Waals surface area contributed by atoms with E-state index in [0.29, 0.717) is 32.1 Å². The third-order valence-electron chi connectivity index (χ3n) is 6.08. The van der Waals surface area contributed by atoms with Crippen LogP contribution in [-0.4, -0.2) is 78.7 Å². The van der Waals surface area contributed by atoms with Gasteiger partial charge in [-0.15, -0.1) is 11.8 Å². The van der Waals surface area contributed by atoms with Crippen LogP contribution in [0.15, 0.2) is 34.3 Å². The number of nitrogens with zero attached hydrogens (tertiary/aromatic N) is 4. The quantitative estimate of drug-likeness (QED) is 0.629. The zero-order valence-corrected chi connectivity index (χ0v) is 19.5. The van der Waals surface area contributed by atoms with E-state index in [1.165, 1.54) is 0 Å². The lowest BCUT2D eigenvalue weighted by Gasteiger charge is -2.35. The fraction of sp³-hybridized carbons (Fsp3) is 0.522. The van der Waals surface area contributed by atoms with Gasteiger partial charge in [-0.3, -0.25) is 9.98 Å². The predicted molar refractivity (Wildman–Crippen MR) is 127 cm³/mol. The van der Waals surface area contributed by atoms with Crippen molar-refractivity contribution in [1.82, 2.24) is 15.3 Å². The van der Waals surface area contributed by atoms with Crippen LogP contribution in [0, 0.1) is 0 Å². The highest BCUT2D eigenvalue weighted by Gasteiger charge is 2.30. The van der Waals surface area contributed by atoms with Crippen LogP contribution < -0.4 is 19.7 Å². The normalized spacial score (nSPS) is 22.8. The Kier molecular flexibility index (Phi) is 6.96. The number of thioether (sulfide) groups is 1. The first kappa shape index (κ1) is 22.4. The van der Waals surface area contributed by atoms with Gasteiger partial charge in [-0.05, 0) is 25.0 Å². The number of hydrogen-bond donors (Lipinski definition) is 2. The number of nitrogens with one attached hydrogen (secondary N) is 1. The summed E-state index contributed by atoms with van der Waals surface area (Å²) in [5.41, 5.74) is 1.78. The van der Waals surface area contributed by atoms with E-state index >= 15 is 0 Å². The number of fused-ring (bicyclic) bond motifs is 2. The molecule has 2 aromatic rings. The van der Waals surface area contributed by atoms with Crippen LogP contribution in [0.1, 0.15) is 18.5 Å². The molecule has 33 heavy (non-hydrogen) atoms. The maximum absolute atomic E-state index is 10.9. The van der Waals surface area contributed by atoms with E-state index in [9.17, 15) is 5.11 Å². The molecule has 0 unspecified atom stereocenters. The minimum absolute atomic E-state index is 0.202. The third kappa shape index (κ3) is 5.24. The van der Waals surface area contributed by atoms with E-state index in [1.54, 1.807) is 13.2 Å². The van der Waals surface area contributed by atoms with Crippen LogP contribution in [0.25, 0.3) is 0 Å². The van der Waals surface area contributed by atoms with Crippen LogP contribution >= 0.6 is 11.8 Å². The number of aliphatic hydroxyl groups is 1. The molecule has 0 bridgehead atoms. The van der Waals surface area contributed by atoms with Crippen molar-refractivity contribution < 1.29 is 19.3 Å². The SMILES string of the molecule is COc1ccc2c(n1)N(C[C@H](O)[C@@H]1CC[C@@H](NCc3cc4c(cn3)OCCS4)CO1)CC=N2. The number of rotatable bonds is 7. The summed E-state index contributed by atoms with van der Waals surface area (Å²) < 4.78 is 16.9. The zero-order chi connectivity index (χ0) is 22.6. The average Bonchev–Trinajstić information content (AvgIpc) is 2.87. The second-order valence-electron chi connectivity index (χ2n) is 8.33. The molecule has 0 saturated carbocycles. The van der Waals surface area contributed by atoms with Gasteiger partial charge in [0.2, 0.25) is 5.88 Å². The number of aliphatic imine (C=N–C) groups is 1. The highest BCUT2D eigenvalue weighted by Crippen LogP contribution is 2.33. The Morgan fingerprint density at radius 1 is 1.36 bits per heavy atom. The van der Waals surface area contributed by atoms with Crippen LogP contribution in [0.5, 0.6) is 11.6 Å². The van der Waals surface area contributed by atoms with Crippen molar-refractivity contribution in [2.24, 2.45) is 4.99 Å². The van der Waals surface area contributed by atoms with Crippen LogP contribution in [-0.2, 0) is 11.3 Å². The second kappa shape index (κ2) is 10.3. The molecule has 0 radical (unpaired) electrons. The number of aromatic nitrogens is 2. The monoisotopic (exact) mass is 471 g/mol. The van der Waals surface area contributed by atoms with Gasteiger partial charge in [0.1, 0.15) is 5.69 Å². The van der Waals surface area contributed by atoms with Crippen molar-refractivity contribution in [3.8, 4) is 11.6 Å². The molecule has 5 rings (SSSR count). The molecule has 5 heterocycles. The van der Waals surface area contributed by atoms with E-state index < -0.39 is 6.10 Å². The first-order valence-corrected chi connectivity index (χ1v) is 12.3. The van der Waals surface area contributed by atoms with Crippen molar-refractivity contribution in [2.45, 2.75) is 42.5 Å². The summed E-state index contributed by atoms with van der Waals surface area (Å²) in [6, 6.07) is 6.02. The number of aliphatic hydroxyl groups excluding tert-OH is 1. The number of β-amino-alcohol motifs (C(OH)–C–C–N with tert-alkyl or cyclic N) is 1. The lowest BCUT2D eigenvalue weighted by Crippen LogP contribution is -2.47. The molecular formula is C23H29N5O4S. The number of anilines is 1. The summed E-state index contributed by atoms with van der Waals surface area (Å²) in [6.07, 6.45) is 4.57. The summed E-state index contributed by atoms with van der Waals surface area (Å²) in [5.74, 6) is 3.12. The molecule has 1 saturated heterocycles. The van der Waals surface area contributed by atoms with Crippen molar-refractivity contribution >= 4 is 29.5 Å². The van der Waals surface area contributed by atoms with E-state index in [-0.39, 0.29) is 12.1 Å². The highest BCUT2D eigenvalue weighted by atomic mass is 32.2.